The lowest BCUT2D eigenvalue weighted by atomic mass is 10.0. The van der Waals surface area contributed by atoms with Crippen molar-refractivity contribution in [2.24, 2.45) is 0 Å². The predicted octanol–water partition coefficient (Wildman–Crippen LogP) is 2.40. The monoisotopic (exact) mass is 317 g/mol. The van der Waals surface area contributed by atoms with Crippen LogP contribution in [0.15, 0.2) is 18.2 Å². The Morgan fingerprint density at radius 1 is 1.25 bits per heavy atom. The number of halogens is 2. The summed E-state index contributed by atoms with van der Waals surface area (Å²) in [4.78, 5) is 13.7. The van der Waals surface area contributed by atoms with Crippen molar-refractivity contribution in [3.8, 4) is 0 Å². The van der Waals surface area contributed by atoms with Crippen LogP contribution in [0.1, 0.15) is 30.9 Å². The zero-order valence-corrected chi connectivity index (χ0v) is 12.4. The second-order valence-electron chi connectivity index (χ2n) is 5.03. The molecule has 0 bridgehead atoms. The van der Waals surface area contributed by atoms with E-state index in [0.717, 1.165) is 0 Å². The lowest BCUT2D eigenvalue weighted by molar-refractivity contribution is -0.135. The summed E-state index contributed by atoms with van der Waals surface area (Å²) >= 11 is 11.8. The largest absolute Gasteiger partial charge is 0.393 e. The number of nitrogens with zero attached hydrogens (tertiary/aromatic N) is 1. The van der Waals surface area contributed by atoms with Crippen LogP contribution < -0.4 is 0 Å². The van der Waals surface area contributed by atoms with Gasteiger partial charge in [0.25, 0.3) is 0 Å². The van der Waals surface area contributed by atoms with Gasteiger partial charge < -0.3 is 15.1 Å². The maximum atomic E-state index is 12.1. The molecule has 1 atom stereocenters. The van der Waals surface area contributed by atoms with Crippen molar-refractivity contribution in [3.63, 3.8) is 0 Å². The Labute approximate surface area is 127 Å². The number of amides is 1. The summed E-state index contributed by atoms with van der Waals surface area (Å²) < 4.78 is 0. The summed E-state index contributed by atoms with van der Waals surface area (Å²) in [5, 5.41) is 20.4. The number of benzene rings is 1. The second-order valence-corrected chi connectivity index (χ2v) is 5.91. The van der Waals surface area contributed by atoms with Crippen molar-refractivity contribution >= 4 is 29.1 Å². The summed E-state index contributed by atoms with van der Waals surface area (Å²) in [5.74, 6) is -0.125. The van der Waals surface area contributed by atoms with Crippen molar-refractivity contribution in [2.75, 3.05) is 13.1 Å². The zero-order chi connectivity index (χ0) is 14.7. The first-order chi connectivity index (χ1) is 9.45. The van der Waals surface area contributed by atoms with Crippen molar-refractivity contribution in [2.45, 2.75) is 31.5 Å². The van der Waals surface area contributed by atoms with E-state index in [0.29, 0.717) is 41.5 Å². The second kappa shape index (κ2) is 6.76. The zero-order valence-electron chi connectivity index (χ0n) is 10.9. The standard InChI is InChI=1S/C14H17Cl2NO3/c15-10-5-9(6-11(16)7-10)13(19)8-14(20)17-3-1-12(18)2-4-17/h5-7,12-13,18-19H,1-4,8H2. The smallest absolute Gasteiger partial charge is 0.225 e. The minimum absolute atomic E-state index is 0.00718. The molecule has 1 aromatic carbocycles. The molecule has 0 aliphatic carbocycles. The van der Waals surface area contributed by atoms with E-state index in [1.807, 2.05) is 0 Å². The molecular weight excluding hydrogens is 301 g/mol. The van der Waals surface area contributed by atoms with Crippen LogP contribution in [-0.4, -0.2) is 40.2 Å². The minimum Gasteiger partial charge on any atom is -0.393 e. The Bertz CT molecular complexity index is 467. The first kappa shape index (κ1) is 15.6. The Morgan fingerprint density at radius 3 is 2.35 bits per heavy atom. The third kappa shape index (κ3) is 4.09. The molecule has 1 amide bonds. The molecule has 0 saturated carbocycles. The average Bonchev–Trinajstić information content (AvgIpc) is 2.38. The number of rotatable bonds is 3. The summed E-state index contributed by atoms with van der Waals surface area (Å²) in [6.07, 6.45) is -0.0798. The minimum atomic E-state index is -0.925. The predicted molar refractivity (Wildman–Crippen MR) is 77.9 cm³/mol. The van der Waals surface area contributed by atoms with E-state index in [-0.39, 0.29) is 18.4 Å². The van der Waals surface area contributed by atoms with E-state index >= 15 is 0 Å². The summed E-state index contributed by atoms with van der Waals surface area (Å²) in [7, 11) is 0. The van der Waals surface area contributed by atoms with Gasteiger partial charge in [0.2, 0.25) is 5.91 Å². The molecular formula is C14H17Cl2NO3. The Morgan fingerprint density at radius 2 is 1.80 bits per heavy atom. The van der Waals surface area contributed by atoms with Gasteiger partial charge in [-0.05, 0) is 36.6 Å². The number of carbonyl (C=O) groups is 1. The van der Waals surface area contributed by atoms with Crippen LogP contribution in [0, 0.1) is 0 Å². The molecule has 1 aliphatic heterocycles. The summed E-state index contributed by atoms with van der Waals surface area (Å²) in [6.45, 7) is 1.06. The van der Waals surface area contributed by atoms with Gasteiger partial charge in [0.15, 0.2) is 0 Å². The van der Waals surface area contributed by atoms with E-state index in [4.69, 9.17) is 23.2 Å². The Kier molecular flexibility index (Phi) is 5.27. The molecule has 0 spiro atoms. The molecule has 1 aliphatic rings. The van der Waals surface area contributed by atoms with E-state index in [2.05, 4.69) is 0 Å². The molecule has 4 nitrogen and oxygen atoms in total. The number of carbonyl (C=O) groups excluding carboxylic acids is 1. The third-order valence-electron chi connectivity index (χ3n) is 3.45. The van der Waals surface area contributed by atoms with Gasteiger partial charge in [0, 0.05) is 23.1 Å². The SMILES string of the molecule is O=C(CC(O)c1cc(Cl)cc(Cl)c1)N1CCC(O)CC1. The molecule has 110 valence electrons. The van der Waals surface area contributed by atoms with Gasteiger partial charge in [-0.25, -0.2) is 0 Å². The highest BCUT2D eigenvalue weighted by Crippen LogP contribution is 2.26. The number of piperidine rings is 1. The number of aliphatic hydroxyl groups excluding tert-OH is 2. The van der Waals surface area contributed by atoms with Gasteiger partial charge in [-0.2, -0.15) is 0 Å². The first-order valence-corrected chi connectivity index (χ1v) is 7.31. The highest BCUT2D eigenvalue weighted by molar-refractivity contribution is 6.34. The van der Waals surface area contributed by atoms with Crippen molar-refractivity contribution in [1.29, 1.82) is 0 Å². The maximum Gasteiger partial charge on any atom is 0.225 e. The van der Waals surface area contributed by atoms with E-state index in [1.54, 1.807) is 23.1 Å². The van der Waals surface area contributed by atoms with Crippen LogP contribution in [0.5, 0.6) is 0 Å². The van der Waals surface area contributed by atoms with Gasteiger partial charge >= 0.3 is 0 Å². The molecule has 1 saturated heterocycles. The topological polar surface area (TPSA) is 60.8 Å². The van der Waals surface area contributed by atoms with Crippen molar-refractivity contribution < 1.29 is 15.0 Å². The Balaban J connectivity index is 1.96. The van der Waals surface area contributed by atoms with E-state index in [1.165, 1.54) is 0 Å². The van der Waals surface area contributed by atoms with Crippen LogP contribution in [0.4, 0.5) is 0 Å². The molecule has 1 fully saturated rings. The molecule has 0 aromatic heterocycles. The average molecular weight is 318 g/mol. The molecule has 2 N–H and O–H groups in total. The van der Waals surface area contributed by atoms with Gasteiger partial charge in [0.1, 0.15) is 0 Å². The van der Waals surface area contributed by atoms with Crippen LogP contribution in [0.3, 0.4) is 0 Å². The van der Waals surface area contributed by atoms with Crippen LogP contribution >= 0.6 is 23.2 Å². The molecule has 6 heteroatoms. The molecule has 1 heterocycles. The van der Waals surface area contributed by atoms with Crippen molar-refractivity contribution in [3.05, 3.63) is 33.8 Å². The lowest BCUT2D eigenvalue weighted by Gasteiger charge is -2.30. The van der Waals surface area contributed by atoms with E-state index in [9.17, 15) is 15.0 Å². The fourth-order valence-corrected chi connectivity index (χ4v) is 2.84. The lowest BCUT2D eigenvalue weighted by Crippen LogP contribution is -2.40. The van der Waals surface area contributed by atoms with Crippen LogP contribution in [0.25, 0.3) is 0 Å². The number of hydrogen-bond donors (Lipinski definition) is 2. The highest BCUT2D eigenvalue weighted by atomic mass is 35.5. The first-order valence-electron chi connectivity index (χ1n) is 6.55. The van der Waals surface area contributed by atoms with Gasteiger partial charge in [-0.1, -0.05) is 23.2 Å². The molecule has 1 unspecified atom stereocenters. The van der Waals surface area contributed by atoms with Gasteiger partial charge in [-0.3, -0.25) is 4.79 Å². The summed E-state index contributed by atoms with van der Waals surface area (Å²) in [5.41, 5.74) is 0.535. The number of likely N-dealkylation sites (tertiary alicyclic amines) is 1. The van der Waals surface area contributed by atoms with Gasteiger partial charge in [0.05, 0.1) is 18.6 Å². The maximum absolute atomic E-state index is 12.1. The van der Waals surface area contributed by atoms with Crippen LogP contribution in [0.2, 0.25) is 10.0 Å². The fraction of sp³-hybridized carbons (Fsp3) is 0.500. The quantitative estimate of drug-likeness (QED) is 0.900. The van der Waals surface area contributed by atoms with E-state index < -0.39 is 6.10 Å². The summed E-state index contributed by atoms with van der Waals surface area (Å²) in [6, 6.07) is 4.78. The molecule has 0 radical (unpaired) electrons. The molecule has 20 heavy (non-hydrogen) atoms. The highest BCUT2D eigenvalue weighted by Gasteiger charge is 2.23. The fourth-order valence-electron chi connectivity index (χ4n) is 2.30. The number of aliphatic hydroxyl groups is 2. The van der Waals surface area contributed by atoms with Gasteiger partial charge in [-0.15, -0.1) is 0 Å². The van der Waals surface area contributed by atoms with Crippen LogP contribution in [-0.2, 0) is 4.79 Å². The van der Waals surface area contributed by atoms with Crippen molar-refractivity contribution in [1.82, 2.24) is 4.90 Å². The normalized spacial score (nSPS) is 18.1. The molecule has 2 rings (SSSR count). The number of hydrogen-bond acceptors (Lipinski definition) is 3. The Hall–Kier alpha value is -0.810. The third-order valence-corrected chi connectivity index (χ3v) is 3.89. The molecule has 1 aromatic rings.